The van der Waals surface area contributed by atoms with Crippen LogP contribution in [0.1, 0.15) is 19.8 Å². The van der Waals surface area contributed by atoms with Crippen molar-refractivity contribution in [1.29, 1.82) is 0 Å². The Labute approximate surface area is 99.3 Å². The second-order valence-corrected chi connectivity index (χ2v) is 4.61. The molecule has 4 heteroatoms. The zero-order valence-electron chi connectivity index (χ0n) is 10.9. The van der Waals surface area contributed by atoms with Crippen LogP contribution in [0, 0.1) is 0 Å². The third-order valence-corrected chi connectivity index (χ3v) is 3.13. The number of hydrogen-bond donors (Lipinski definition) is 1. The van der Waals surface area contributed by atoms with E-state index < -0.39 is 0 Å². The topological polar surface area (TPSA) is 33.7 Å². The van der Waals surface area contributed by atoms with Gasteiger partial charge < -0.3 is 14.8 Å². The summed E-state index contributed by atoms with van der Waals surface area (Å²) in [6.45, 7) is 7.35. The van der Waals surface area contributed by atoms with E-state index in [4.69, 9.17) is 9.47 Å². The first-order valence-electron chi connectivity index (χ1n) is 6.23. The van der Waals surface area contributed by atoms with Gasteiger partial charge in [0.25, 0.3) is 0 Å². The molecule has 2 unspecified atom stereocenters. The quantitative estimate of drug-likeness (QED) is 0.699. The van der Waals surface area contributed by atoms with E-state index in [2.05, 4.69) is 17.1 Å². The molecule has 2 atom stereocenters. The summed E-state index contributed by atoms with van der Waals surface area (Å²) >= 11 is 0. The number of piperidine rings is 1. The Morgan fingerprint density at radius 3 is 2.94 bits per heavy atom. The first-order valence-corrected chi connectivity index (χ1v) is 6.23. The lowest BCUT2D eigenvalue weighted by atomic mass is 10.1. The predicted molar refractivity (Wildman–Crippen MR) is 65.8 cm³/mol. The molecule has 0 amide bonds. The fraction of sp³-hybridized carbons (Fsp3) is 1.00. The van der Waals surface area contributed by atoms with E-state index >= 15 is 0 Å². The summed E-state index contributed by atoms with van der Waals surface area (Å²) in [4.78, 5) is 2.48. The fourth-order valence-corrected chi connectivity index (χ4v) is 2.19. The van der Waals surface area contributed by atoms with Crippen molar-refractivity contribution >= 4 is 0 Å². The van der Waals surface area contributed by atoms with Gasteiger partial charge in [0.05, 0.1) is 12.7 Å². The van der Waals surface area contributed by atoms with Crippen molar-refractivity contribution in [3.05, 3.63) is 0 Å². The summed E-state index contributed by atoms with van der Waals surface area (Å²) in [7, 11) is 3.55. The molecule has 0 aromatic heterocycles. The minimum absolute atomic E-state index is 0.435. The largest absolute Gasteiger partial charge is 0.383 e. The minimum Gasteiger partial charge on any atom is -0.383 e. The van der Waals surface area contributed by atoms with Crippen LogP contribution < -0.4 is 5.32 Å². The first-order chi connectivity index (χ1) is 7.76. The molecule has 4 nitrogen and oxygen atoms in total. The Kier molecular flexibility index (Phi) is 6.96. The van der Waals surface area contributed by atoms with Crippen molar-refractivity contribution in [1.82, 2.24) is 10.2 Å². The maximum atomic E-state index is 5.41. The molecular formula is C12H26N2O2. The Morgan fingerprint density at radius 1 is 1.44 bits per heavy atom. The van der Waals surface area contributed by atoms with Gasteiger partial charge in [-0.2, -0.15) is 0 Å². The molecule has 0 spiro atoms. The highest BCUT2D eigenvalue weighted by Crippen LogP contribution is 2.11. The maximum Gasteiger partial charge on any atom is 0.0698 e. The highest BCUT2D eigenvalue weighted by molar-refractivity contribution is 4.73. The predicted octanol–water partition coefficient (Wildman–Crippen LogP) is 0.722. The molecule has 0 radical (unpaired) electrons. The van der Waals surface area contributed by atoms with Gasteiger partial charge in [0.15, 0.2) is 0 Å². The molecule has 1 aliphatic heterocycles. The smallest absolute Gasteiger partial charge is 0.0698 e. The van der Waals surface area contributed by atoms with Crippen LogP contribution in [-0.4, -0.2) is 64.1 Å². The molecule has 1 N–H and O–H groups in total. The van der Waals surface area contributed by atoms with Gasteiger partial charge in [-0.1, -0.05) is 0 Å². The standard InChI is InChI=1S/C12H26N2O2/c1-11(10-15-2)13-6-8-14-7-4-5-12(9-14)16-3/h11-13H,4-10H2,1-3H3. The number of ether oxygens (including phenoxy) is 2. The molecule has 1 saturated heterocycles. The van der Waals surface area contributed by atoms with Crippen molar-refractivity contribution in [2.24, 2.45) is 0 Å². The van der Waals surface area contributed by atoms with Gasteiger partial charge in [-0.3, -0.25) is 4.90 Å². The van der Waals surface area contributed by atoms with E-state index in [9.17, 15) is 0 Å². The molecule has 1 heterocycles. The number of likely N-dealkylation sites (tertiary alicyclic amines) is 1. The monoisotopic (exact) mass is 230 g/mol. The third kappa shape index (κ3) is 5.25. The van der Waals surface area contributed by atoms with Crippen molar-refractivity contribution in [2.75, 3.05) is 47.0 Å². The number of nitrogens with zero attached hydrogens (tertiary/aromatic N) is 1. The summed E-state index contributed by atoms with van der Waals surface area (Å²) in [5.41, 5.74) is 0. The summed E-state index contributed by atoms with van der Waals surface area (Å²) in [5, 5.41) is 3.46. The van der Waals surface area contributed by atoms with Crippen LogP contribution in [-0.2, 0) is 9.47 Å². The van der Waals surface area contributed by atoms with Crippen LogP contribution >= 0.6 is 0 Å². The second kappa shape index (κ2) is 8.01. The second-order valence-electron chi connectivity index (χ2n) is 4.61. The molecule has 0 aromatic carbocycles. The summed E-state index contributed by atoms with van der Waals surface area (Å²) in [6, 6.07) is 0.438. The Morgan fingerprint density at radius 2 is 2.25 bits per heavy atom. The first kappa shape index (κ1) is 13.9. The SMILES string of the molecule is COCC(C)NCCN1CCCC(OC)C1. The van der Waals surface area contributed by atoms with Gasteiger partial charge in [0.2, 0.25) is 0 Å². The van der Waals surface area contributed by atoms with E-state index in [-0.39, 0.29) is 0 Å². The maximum absolute atomic E-state index is 5.41. The molecule has 0 aliphatic carbocycles. The van der Waals surface area contributed by atoms with E-state index in [1.165, 1.54) is 19.4 Å². The molecule has 0 saturated carbocycles. The van der Waals surface area contributed by atoms with E-state index in [1.54, 1.807) is 7.11 Å². The van der Waals surface area contributed by atoms with Crippen molar-refractivity contribution < 1.29 is 9.47 Å². The van der Waals surface area contributed by atoms with E-state index in [1.807, 2.05) is 7.11 Å². The van der Waals surface area contributed by atoms with Crippen LogP contribution in [0.3, 0.4) is 0 Å². The molecule has 0 aromatic rings. The summed E-state index contributed by atoms with van der Waals surface area (Å²) < 4.78 is 10.5. The van der Waals surface area contributed by atoms with Crippen molar-refractivity contribution in [3.8, 4) is 0 Å². The molecule has 0 bridgehead atoms. The highest BCUT2D eigenvalue weighted by atomic mass is 16.5. The molecule has 1 aliphatic rings. The lowest BCUT2D eigenvalue weighted by Crippen LogP contribution is -2.44. The average molecular weight is 230 g/mol. The number of methoxy groups -OCH3 is 2. The molecule has 1 fully saturated rings. The Bertz CT molecular complexity index is 178. The Hall–Kier alpha value is -0.160. The van der Waals surface area contributed by atoms with Crippen molar-refractivity contribution in [2.45, 2.75) is 31.9 Å². The average Bonchev–Trinajstić information content (AvgIpc) is 2.30. The normalized spacial score (nSPS) is 24.6. The van der Waals surface area contributed by atoms with Gasteiger partial charge in [0, 0.05) is 39.9 Å². The van der Waals surface area contributed by atoms with E-state index in [0.717, 1.165) is 26.2 Å². The zero-order chi connectivity index (χ0) is 11.8. The lowest BCUT2D eigenvalue weighted by Gasteiger charge is -2.32. The zero-order valence-corrected chi connectivity index (χ0v) is 10.9. The van der Waals surface area contributed by atoms with E-state index in [0.29, 0.717) is 12.1 Å². The minimum atomic E-state index is 0.435. The molecular weight excluding hydrogens is 204 g/mol. The summed E-state index contributed by atoms with van der Waals surface area (Å²) in [6.07, 6.45) is 2.90. The Balaban J connectivity index is 2.08. The number of hydrogen-bond acceptors (Lipinski definition) is 4. The number of nitrogens with one attached hydrogen (secondary N) is 1. The van der Waals surface area contributed by atoms with Gasteiger partial charge >= 0.3 is 0 Å². The van der Waals surface area contributed by atoms with Gasteiger partial charge in [0.1, 0.15) is 0 Å². The molecule has 16 heavy (non-hydrogen) atoms. The molecule has 1 rings (SSSR count). The lowest BCUT2D eigenvalue weighted by molar-refractivity contribution is 0.0314. The van der Waals surface area contributed by atoms with Crippen LogP contribution in [0.15, 0.2) is 0 Å². The van der Waals surface area contributed by atoms with Gasteiger partial charge in [-0.25, -0.2) is 0 Å². The molecule has 96 valence electrons. The van der Waals surface area contributed by atoms with Gasteiger partial charge in [-0.15, -0.1) is 0 Å². The number of rotatable bonds is 7. The van der Waals surface area contributed by atoms with Crippen LogP contribution in [0.2, 0.25) is 0 Å². The highest BCUT2D eigenvalue weighted by Gasteiger charge is 2.18. The van der Waals surface area contributed by atoms with Crippen LogP contribution in [0.4, 0.5) is 0 Å². The fourth-order valence-electron chi connectivity index (χ4n) is 2.19. The third-order valence-electron chi connectivity index (χ3n) is 3.13. The van der Waals surface area contributed by atoms with Gasteiger partial charge in [-0.05, 0) is 26.3 Å². The van der Waals surface area contributed by atoms with Crippen molar-refractivity contribution in [3.63, 3.8) is 0 Å². The van der Waals surface area contributed by atoms with Crippen LogP contribution in [0.25, 0.3) is 0 Å². The summed E-state index contributed by atoms with van der Waals surface area (Å²) in [5.74, 6) is 0. The van der Waals surface area contributed by atoms with Crippen LogP contribution in [0.5, 0.6) is 0 Å².